The molecular weight excluding hydrogens is 1210 g/mol. The van der Waals surface area contributed by atoms with Crippen LogP contribution in [0.2, 0.25) is 0 Å². The third kappa shape index (κ3) is 38.6. The van der Waals surface area contributed by atoms with Crippen LogP contribution >= 0.6 is 0 Å². The van der Waals surface area contributed by atoms with E-state index in [9.17, 15) is 61.0 Å². The molecule has 0 aliphatic carbocycles. The summed E-state index contributed by atoms with van der Waals surface area (Å²) in [5.41, 5.74) is 0. The Bertz CT molecular complexity index is 1860. The number of ether oxygens (including phenoxy) is 6. The number of hydrogen-bond acceptors (Lipinski definition) is 18. The van der Waals surface area contributed by atoms with Crippen molar-refractivity contribution in [2.24, 2.45) is 0 Å². The van der Waals surface area contributed by atoms with Crippen LogP contribution in [0.15, 0.2) is 36.5 Å². The molecule has 0 aromatic heterocycles. The third-order valence-corrected chi connectivity index (χ3v) is 19.5. The summed E-state index contributed by atoms with van der Waals surface area (Å²) in [6, 6.07) is -0.887. The van der Waals surface area contributed by atoms with Gasteiger partial charge in [-0.3, -0.25) is 4.79 Å². The SMILES string of the molecule is CCCCCCC/C=C\C/C=C\C/C=C\CCCCCCCCCCCCCCCCCCC(=O)NC(COC1OC(CO)C(OC2OC(CO)C(OC3OC(CO)C(O)C(O)C3O)C(O)C2O)C(O)C1O)C(O)CCCCCCCCCCCCCCCCCCCCC. The predicted octanol–water partition coefficient (Wildman–Crippen LogP) is 11.9. The molecule has 0 saturated carbocycles. The van der Waals surface area contributed by atoms with Gasteiger partial charge in [-0.2, -0.15) is 0 Å². The first-order chi connectivity index (χ1) is 46.3. The van der Waals surface area contributed by atoms with E-state index < -0.39 is 124 Å². The van der Waals surface area contributed by atoms with Crippen molar-refractivity contribution in [3.05, 3.63) is 36.5 Å². The van der Waals surface area contributed by atoms with Gasteiger partial charge in [0.2, 0.25) is 5.91 Å². The standard InChI is InChI=1S/C76H141NO18/c1-3-5-7-9-11-13-15-17-19-21-23-24-25-26-27-28-29-30-31-32-33-34-36-38-40-42-44-46-48-50-52-54-64(82)77-59(60(81)53-51-49-47-45-43-41-39-37-35-22-20-18-16-14-12-10-8-6-4-2)58-90-74-70(88)67(85)72(62(56-79)92-74)95-76-71(89)68(86)73(63(57-80)93-76)94-75-69(87)66(84)65(83)61(55-78)91-75/h15,17,21,23,25-26,59-63,65-76,78-81,83-89H,3-14,16,18-20,22,24,27-58H2,1-2H3,(H,77,82)/b17-15-,23-21-,26-25-. The molecule has 3 aliphatic rings. The lowest BCUT2D eigenvalue weighted by molar-refractivity contribution is -0.379. The lowest BCUT2D eigenvalue weighted by Crippen LogP contribution is -2.66. The van der Waals surface area contributed by atoms with Gasteiger partial charge >= 0.3 is 0 Å². The van der Waals surface area contributed by atoms with Crippen LogP contribution in [0.3, 0.4) is 0 Å². The van der Waals surface area contributed by atoms with Crippen LogP contribution in [-0.4, -0.2) is 193 Å². The van der Waals surface area contributed by atoms with E-state index in [1.165, 1.54) is 218 Å². The number of nitrogens with one attached hydrogen (secondary N) is 1. The predicted molar refractivity (Wildman–Crippen MR) is 374 cm³/mol. The van der Waals surface area contributed by atoms with E-state index in [2.05, 4.69) is 55.6 Å². The number of allylic oxidation sites excluding steroid dienone is 6. The second-order valence-corrected chi connectivity index (χ2v) is 27.8. The summed E-state index contributed by atoms with van der Waals surface area (Å²) in [6.07, 6.45) is 42.2. The highest BCUT2D eigenvalue weighted by Crippen LogP contribution is 2.33. The summed E-state index contributed by atoms with van der Waals surface area (Å²) in [5.74, 6) is -0.239. The van der Waals surface area contributed by atoms with Gasteiger partial charge in [0.25, 0.3) is 0 Å². The second-order valence-electron chi connectivity index (χ2n) is 27.8. The summed E-state index contributed by atoms with van der Waals surface area (Å²) in [5, 5.41) is 121. The molecule has 0 spiro atoms. The Morgan fingerprint density at radius 1 is 0.379 bits per heavy atom. The van der Waals surface area contributed by atoms with E-state index in [-0.39, 0.29) is 18.9 Å². The summed E-state index contributed by atoms with van der Waals surface area (Å²) in [7, 11) is 0. The number of aliphatic hydroxyl groups is 11. The highest BCUT2D eigenvalue weighted by Gasteiger charge is 2.54. The van der Waals surface area contributed by atoms with Crippen LogP contribution in [0.4, 0.5) is 0 Å². The highest BCUT2D eigenvalue weighted by atomic mass is 16.8. The van der Waals surface area contributed by atoms with Gasteiger partial charge in [0, 0.05) is 6.42 Å². The van der Waals surface area contributed by atoms with Gasteiger partial charge in [-0.15, -0.1) is 0 Å². The van der Waals surface area contributed by atoms with E-state index >= 15 is 0 Å². The topological polar surface area (TPSA) is 307 Å². The molecule has 19 nitrogen and oxygen atoms in total. The molecule has 17 atom stereocenters. The van der Waals surface area contributed by atoms with Crippen molar-refractivity contribution in [3.63, 3.8) is 0 Å². The van der Waals surface area contributed by atoms with Crippen molar-refractivity contribution in [2.45, 2.75) is 413 Å². The Kier molecular flexibility index (Phi) is 52.9. The smallest absolute Gasteiger partial charge is 0.220 e. The van der Waals surface area contributed by atoms with E-state index in [1.807, 2.05) is 0 Å². The molecule has 19 heteroatoms. The third-order valence-electron chi connectivity index (χ3n) is 19.5. The van der Waals surface area contributed by atoms with E-state index in [4.69, 9.17) is 28.4 Å². The van der Waals surface area contributed by atoms with Gasteiger partial charge in [-0.25, -0.2) is 0 Å². The molecule has 0 aromatic carbocycles. The Hall–Kier alpha value is -1.99. The number of hydrogen-bond donors (Lipinski definition) is 12. The minimum Gasteiger partial charge on any atom is -0.394 e. The first-order valence-electron chi connectivity index (χ1n) is 38.7. The molecule has 0 aromatic rings. The van der Waals surface area contributed by atoms with E-state index in [1.54, 1.807) is 0 Å². The summed E-state index contributed by atoms with van der Waals surface area (Å²) in [4.78, 5) is 13.5. The Balaban J connectivity index is 1.37. The van der Waals surface area contributed by atoms with Crippen molar-refractivity contribution in [3.8, 4) is 0 Å². The highest BCUT2D eigenvalue weighted by molar-refractivity contribution is 5.76. The van der Waals surface area contributed by atoms with Crippen molar-refractivity contribution in [1.82, 2.24) is 5.32 Å². The van der Waals surface area contributed by atoms with Crippen LogP contribution in [0.1, 0.15) is 309 Å². The molecule has 0 radical (unpaired) electrons. The van der Waals surface area contributed by atoms with Crippen molar-refractivity contribution >= 4 is 5.91 Å². The van der Waals surface area contributed by atoms with Crippen molar-refractivity contribution in [1.29, 1.82) is 0 Å². The zero-order chi connectivity index (χ0) is 68.9. The first-order valence-corrected chi connectivity index (χ1v) is 38.7. The molecular formula is C76H141NO18. The molecule has 3 fully saturated rings. The number of rotatable bonds is 61. The Morgan fingerprint density at radius 3 is 1.08 bits per heavy atom. The average Bonchev–Trinajstić information content (AvgIpc) is 0.787. The van der Waals surface area contributed by atoms with Gasteiger partial charge in [-0.1, -0.05) is 288 Å². The maximum Gasteiger partial charge on any atom is 0.220 e. The van der Waals surface area contributed by atoms with E-state index in [0.29, 0.717) is 12.8 Å². The molecule has 17 unspecified atom stereocenters. The van der Waals surface area contributed by atoms with Crippen molar-refractivity contribution in [2.75, 3.05) is 26.4 Å². The summed E-state index contributed by atoms with van der Waals surface area (Å²) in [6.45, 7) is 1.83. The molecule has 95 heavy (non-hydrogen) atoms. The lowest BCUT2D eigenvalue weighted by atomic mass is 9.96. The minimum atomic E-state index is -1.97. The number of carbonyl (C=O) groups is 1. The maximum absolute atomic E-state index is 13.5. The lowest BCUT2D eigenvalue weighted by Gasteiger charge is -2.48. The maximum atomic E-state index is 13.5. The number of aliphatic hydroxyl groups excluding tert-OH is 11. The van der Waals surface area contributed by atoms with Crippen LogP contribution in [0, 0.1) is 0 Å². The van der Waals surface area contributed by atoms with Gasteiger partial charge in [-0.05, 0) is 51.4 Å². The van der Waals surface area contributed by atoms with Gasteiger partial charge < -0.3 is 89.9 Å². The normalized spacial score (nSPS) is 27.4. The quantitative estimate of drug-likeness (QED) is 0.0199. The van der Waals surface area contributed by atoms with Crippen LogP contribution < -0.4 is 5.32 Å². The second kappa shape index (κ2) is 57.6. The van der Waals surface area contributed by atoms with Gasteiger partial charge in [0.15, 0.2) is 18.9 Å². The fourth-order valence-electron chi connectivity index (χ4n) is 13.2. The monoisotopic (exact) mass is 1360 g/mol. The van der Waals surface area contributed by atoms with Crippen molar-refractivity contribution < 1.29 is 89.4 Å². The molecule has 3 saturated heterocycles. The minimum absolute atomic E-state index is 0.239. The fourth-order valence-corrected chi connectivity index (χ4v) is 13.2. The molecule has 3 heterocycles. The fraction of sp³-hybridized carbons (Fsp3) is 0.908. The zero-order valence-electron chi connectivity index (χ0n) is 59.4. The van der Waals surface area contributed by atoms with Gasteiger partial charge in [0.1, 0.15) is 73.2 Å². The van der Waals surface area contributed by atoms with Gasteiger partial charge in [0.05, 0.1) is 38.6 Å². The first kappa shape index (κ1) is 87.2. The molecule has 3 aliphatic heterocycles. The molecule has 558 valence electrons. The average molecular weight is 1360 g/mol. The summed E-state index contributed by atoms with van der Waals surface area (Å²) >= 11 is 0. The number of carbonyl (C=O) groups excluding carboxylic acids is 1. The molecule has 3 rings (SSSR count). The Labute approximate surface area is 574 Å². The Morgan fingerprint density at radius 2 is 0.695 bits per heavy atom. The number of unbranched alkanes of at least 4 members (excludes halogenated alkanes) is 39. The number of amides is 1. The molecule has 1 amide bonds. The van der Waals surface area contributed by atoms with Crippen LogP contribution in [0.25, 0.3) is 0 Å². The van der Waals surface area contributed by atoms with E-state index in [0.717, 1.165) is 57.8 Å². The van der Waals surface area contributed by atoms with Crippen LogP contribution in [-0.2, 0) is 33.2 Å². The molecule has 12 N–H and O–H groups in total. The molecule has 0 bridgehead atoms. The van der Waals surface area contributed by atoms with Crippen LogP contribution in [0.5, 0.6) is 0 Å². The summed E-state index contributed by atoms with van der Waals surface area (Å²) < 4.78 is 34.5. The zero-order valence-corrected chi connectivity index (χ0v) is 59.4. The largest absolute Gasteiger partial charge is 0.394 e.